The zero-order valence-corrected chi connectivity index (χ0v) is 13.6. The molecular formula is C15H24N6. The Bertz CT molecular complexity index is 651. The molecule has 6 nitrogen and oxygen atoms in total. The van der Waals surface area contributed by atoms with Crippen molar-refractivity contribution in [3.05, 3.63) is 17.1 Å². The largest absolute Gasteiger partial charge is 0.295 e. The first-order valence-corrected chi connectivity index (χ1v) is 7.65. The summed E-state index contributed by atoms with van der Waals surface area (Å²) in [5, 5.41) is 9.16. The molecule has 2 aromatic rings. The van der Waals surface area contributed by atoms with Crippen molar-refractivity contribution in [2.45, 2.75) is 53.2 Å². The predicted octanol–water partition coefficient (Wildman–Crippen LogP) is 1.91. The number of hydrogen-bond acceptors (Lipinski definition) is 4. The highest BCUT2D eigenvalue weighted by atomic mass is 15.4. The first-order valence-electron chi connectivity index (χ1n) is 7.65. The molecule has 2 aromatic heterocycles. The molecule has 6 heteroatoms. The van der Waals surface area contributed by atoms with E-state index in [1.807, 2.05) is 18.7 Å². The zero-order valence-electron chi connectivity index (χ0n) is 13.6. The van der Waals surface area contributed by atoms with E-state index in [-0.39, 0.29) is 0 Å². The Morgan fingerprint density at radius 2 is 1.86 bits per heavy atom. The van der Waals surface area contributed by atoms with Crippen molar-refractivity contribution in [3.63, 3.8) is 0 Å². The van der Waals surface area contributed by atoms with E-state index >= 15 is 0 Å². The van der Waals surface area contributed by atoms with Crippen LogP contribution in [0.1, 0.15) is 37.4 Å². The van der Waals surface area contributed by atoms with E-state index < -0.39 is 0 Å². The van der Waals surface area contributed by atoms with Crippen LogP contribution in [-0.4, -0.2) is 42.0 Å². The maximum absolute atomic E-state index is 4.82. The monoisotopic (exact) mass is 288 g/mol. The van der Waals surface area contributed by atoms with E-state index in [4.69, 9.17) is 5.10 Å². The van der Waals surface area contributed by atoms with Gasteiger partial charge in [-0.2, -0.15) is 10.2 Å². The molecule has 0 radical (unpaired) electrons. The molecule has 1 aliphatic heterocycles. The third kappa shape index (κ3) is 2.48. The molecule has 0 atom stereocenters. The minimum Gasteiger partial charge on any atom is -0.295 e. The van der Waals surface area contributed by atoms with Gasteiger partial charge >= 0.3 is 0 Å². The van der Waals surface area contributed by atoms with Gasteiger partial charge in [0.2, 0.25) is 0 Å². The van der Waals surface area contributed by atoms with Crippen molar-refractivity contribution in [1.82, 2.24) is 29.4 Å². The normalized spacial score (nSPS) is 16.3. The Balaban J connectivity index is 2.04. The molecule has 1 aliphatic rings. The Labute approximate surface area is 125 Å². The molecule has 21 heavy (non-hydrogen) atoms. The van der Waals surface area contributed by atoms with Gasteiger partial charge in [0.15, 0.2) is 5.82 Å². The summed E-state index contributed by atoms with van der Waals surface area (Å²) in [6.45, 7) is 11.7. The summed E-state index contributed by atoms with van der Waals surface area (Å²) in [5.41, 5.74) is 3.52. The van der Waals surface area contributed by atoms with Gasteiger partial charge in [-0.1, -0.05) is 0 Å². The molecule has 0 unspecified atom stereocenters. The highest BCUT2D eigenvalue weighted by molar-refractivity contribution is 5.56. The molecule has 0 saturated carbocycles. The van der Waals surface area contributed by atoms with Crippen molar-refractivity contribution in [2.75, 3.05) is 6.54 Å². The van der Waals surface area contributed by atoms with E-state index in [0.29, 0.717) is 6.04 Å². The van der Waals surface area contributed by atoms with Gasteiger partial charge in [-0.3, -0.25) is 9.58 Å². The van der Waals surface area contributed by atoms with Crippen LogP contribution >= 0.6 is 0 Å². The zero-order chi connectivity index (χ0) is 15.1. The van der Waals surface area contributed by atoms with Gasteiger partial charge in [-0.05, 0) is 34.1 Å². The molecular weight excluding hydrogens is 264 g/mol. The van der Waals surface area contributed by atoms with Crippen LogP contribution in [0.2, 0.25) is 0 Å². The molecule has 0 fully saturated rings. The summed E-state index contributed by atoms with van der Waals surface area (Å²) in [7, 11) is 1.93. The number of fused-ring (bicyclic) bond motifs is 1. The molecule has 3 rings (SSSR count). The van der Waals surface area contributed by atoms with Crippen LogP contribution in [0.15, 0.2) is 0 Å². The predicted molar refractivity (Wildman–Crippen MR) is 81.9 cm³/mol. The lowest BCUT2D eigenvalue weighted by molar-refractivity contribution is 0.216. The van der Waals surface area contributed by atoms with Gasteiger partial charge in [0.1, 0.15) is 11.5 Å². The second-order valence-corrected chi connectivity index (χ2v) is 6.17. The van der Waals surface area contributed by atoms with Gasteiger partial charge in [0.05, 0.1) is 5.69 Å². The summed E-state index contributed by atoms with van der Waals surface area (Å²) in [4.78, 5) is 7.04. The van der Waals surface area contributed by atoms with Crippen LogP contribution in [-0.2, 0) is 20.1 Å². The lowest BCUT2D eigenvalue weighted by atomic mass is 10.1. The number of rotatable bonds is 2. The van der Waals surface area contributed by atoms with Gasteiger partial charge in [0.25, 0.3) is 0 Å². The highest BCUT2D eigenvalue weighted by Gasteiger charge is 2.24. The quantitative estimate of drug-likeness (QED) is 0.847. The molecule has 3 heterocycles. The second kappa shape index (κ2) is 5.26. The minimum atomic E-state index is 0.561. The molecule has 0 aliphatic carbocycles. The molecule has 0 bridgehead atoms. The van der Waals surface area contributed by atoms with Crippen LogP contribution < -0.4 is 0 Å². The smallest absolute Gasteiger partial charge is 0.178 e. The summed E-state index contributed by atoms with van der Waals surface area (Å²) < 4.78 is 3.99. The molecule has 0 saturated heterocycles. The van der Waals surface area contributed by atoms with E-state index in [0.717, 1.165) is 43.4 Å². The molecule has 0 spiro atoms. The van der Waals surface area contributed by atoms with Crippen LogP contribution in [0.3, 0.4) is 0 Å². The van der Waals surface area contributed by atoms with E-state index in [1.165, 1.54) is 11.3 Å². The molecule has 114 valence electrons. The van der Waals surface area contributed by atoms with Crippen molar-refractivity contribution >= 4 is 0 Å². The van der Waals surface area contributed by atoms with Crippen LogP contribution in [0.4, 0.5) is 0 Å². The lowest BCUT2D eigenvalue weighted by Gasteiger charge is -2.24. The van der Waals surface area contributed by atoms with Crippen molar-refractivity contribution in [3.8, 4) is 11.5 Å². The third-order valence-corrected chi connectivity index (χ3v) is 4.30. The number of nitrogens with zero attached hydrogens (tertiary/aromatic N) is 6. The second-order valence-electron chi connectivity index (χ2n) is 6.17. The Morgan fingerprint density at radius 1 is 1.10 bits per heavy atom. The van der Waals surface area contributed by atoms with Crippen LogP contribution in [0.25, 0.3) is 11.5 Å². The summed E-state index contributed by atoms with van der Waals surface area (Å²) >= 11 is 0. The SMILES string of the molecule is Cc1nc(-c2nn3c(c2C)CN(C(C)C)CCC3)n(C)n1. The summed E-state index contributed by atoms with van der Waals surface area (Å²) in [6.07, 6.45) is 1.14. The van der Waals surface area contributed by atoms with Gasteiger partial charge in [0, 0.05) is 38.3 Å². The number of hydrogen-bond donors (Lipinski definition) is 0. The van der Waals surface area contributed by atoms with Gasteiger partial charge < -0.3 is 0 Å². The lowest BCUT2D eigenvalue weighted by Crippen LogP contribution is -2.30. The Kier molecular flexibility index (Phi) is 3.57. The third-order valence-electron chi connectivity index (χ3n) is 4.30. The topological polar surface area (TPSA) is 51.8 Å². The van der Waals surface area contributed by atoms with Crippen molar-refractivity contribution in [2.24, 2.45) is 7.05 Å². The molecule has 0 amide bonds. The number of aromatic nitrogens is 5. The summed E-state index contributed by atoms with van der Waals surface area (Å²) in [6, 6.07) is 0.561. The maximum atomic E-state index is 4.82. The Morgan fingerprint density at radius 3 is 2.48 bits per heavy atom. The average Bonchev–Trinajstić information content (AvgIpc) is 2.81. The van der Waals surface area contributed by atoms with E-state index in [1.54, 1.807) is 0 Å². The standard InChI is InChI=1S/C15H24N6/c1-10(2)20-7-6-8-21-13(9-20)11(3)14(18-21)15-16-12(4)17-19(15)5/h10H,6-9H2,1-5H3. The van der Waals surface area contributed by atoms with E-state index in [9.17, 15) is 0 Å². The fourth-order valence-corrected chi connectivity index (χ4v) is 3.04. The van der Waals surface area contributed by atoms with E-state index in [2.05, 4.69) is 40.4 Å². The van der Waals surface area contributed by atoms with Crippen LogP contribution in [0.5, 0.6) is 0 Å². The Hall–Kier alpha value is -1.69. The van der Waals surface area contributed by atoms with Crippen LogP contribution in [0, 0.1) is 13.8 Å². The average molecular weight is 288 g/mol. The maximum Gasteiger partial charge on any atom is 0.178 e. The molecule has 0 N–H and O–H groups in total. The number of aryl methyl sites for hydroxylation is 3. The summed E-state index contributed by atoms with van der Waals surface area (Å²) in [5.74, 6) is 1.65. The first-order chi connectivity index (χ1) is 9.97. The minimum absolute atomic E-state index is 0.561. The van der Waals surface area contributed by atoms with Gasteiger partial charge in [-0.15, -0.1) is 0 Å². The first kappa shape index (κ1) is 14.3. The molecule has 0 aromatic carbocycles. The van der Waals surface area contributed by atoms with Gasteiger partial charge in [-0.25, -0.2) is 9.67 Å². The van der Waals surface area contributed by atoms with Crippen molar-refractivity contribution in [1.29, 1.82) is 0 Å². The fraction of sp³-hybridized carbons (Fsp3) is 0.667. The fourth-order valence-electron chi connectivity index (χ4n) is 3.04. The highest BCUT2D eigenvalue weighted by Crippen LogP contribution is 2.26. The van der Waals surface area contributed by atoms with Crippen molar-refractivity contribution < 1.29 is 0 Å².